The van der Waals surface area contributed by atoms with Gasteiger partial charge in [0.15, 0.2) is 5.78 Å². The smallest absolute Gasteiger partial charge is 0.154 e. The molecule has 0 amide bonds. The molecule has 2 nitrogen and oxygen atoms in total. The summed E-state index contributed by atoms with van der Waals surface area (Å²) in [7, 11) is 0. The Hall–Kier alpha value is -1.28. The van der Waals surface area contributed by atoms with E-state index in [1.165, 1.54) is 6.92 Å². The number of hydrogen-bond donors (Lipinski definition) is 1. The molecule has 0 aliphatic heterocycles. The van der Waals surface area contributed by atoms with Crippen LogP contribution in [-0.2, 0) is 4.79 Å². The lowest BCUT2D eigenvalue weighted by atomic mass is 10.3. The first-order valence-electron chi connectivity index (χ1n) is 4.29. The number of carbonyl (C=O) groups is 1. The summed E-state index contributed by atoms with van der Waals surface area (Å²) in [5, 5.41) is 3.74. The van der Waals surface area contributed by atoms with Gasteiger partial charge in [0.1, 0.15) is 0 Å². The summed E-state index contributed by atoms with van der Waals surface area (Å²) in [5.41, 5.74) is 1.69. The van der Waals surface area contributed by atoms with Crippen molar-refractivity contribution in [1.29, 1.82) is 0 Å². The first kappa shape index (κ1) is 10.8. The lowest BCUT2D eigenvalue weighted by Gasteiger charge is -2.05. The molecule has 0 aliphatic rings. The van der Waals surface area contributed by atoms with Crippen molar-refractivity contribution in [2.45, 2.75) is 13.8 Å². The molecule has 0 unspecified atom stereocenters. The Morgan fingerprint density at radius 2 is 2.14 bits per heavy atom. The molecule has 1 rings (SSSR count). The van der Waals surface area contributed by atoms with E-state index < -0.39 is 0 Å². The van der Waals surface area contributed by atoms with E-state index in [2.05, 4.69) is 5.32 Å². The molecule has 0 atom stereocenters. The minimum absolute atomic E-state index is 0.0250. The zero-order valence-electron chi connectivity index (χ0n) is 8.17. The number of carbonyl (C=O) groups excluding carboxylic acids is 1. The van der Waals surface area contributed by atoms with E-state index in [1.807, 2.05) is 19.1 Å². The molecular formula is C11H12ClNO. The van der Waals surface area contributed by atoms with Crippen molar-refractivity contribution in [2.24, 2.45) is 0 Å². The number of benzene rings is 1. The van der Waals surface area contributed by atoms with E-state index >= 15 is 0 Å². The highest BCUT2D eigenvalue weighted by molar-refractivity contribution is 6.30. The molecule has 1 aromatic carbocycles. The van der Waals surface area contributed by atoms with Gasteiger partial charge in [0.2, 0.25) is 0 Å². The molecule has 0 saturated heterocycles. The Kier molecular flexibility index (Phi) is 3.72. The summed E-state index contributed by atoms with van der Waals surface area (Å²) >= 11 is 5.81. The first-order chi connectivity index (χ1) is 6.58. The van der Waals surface area contributed by atoms with Crippen molar-refractivity contribution < 1.29 is 4.79 Å². The van der Waals surface area contributed by atoms with Gasteiger partial charge in [-0.1, -0.05) is 17.7 Å². The van der Waals surface area contributed by atoms with Crippen LogP contribution in [0.1, 0.15) is 13.8 Å². The number of ketones is 1. The van der Waals surface area contributed by atoms with E-state index in [9.17, 15) is 4.79 Å². The maximum atomic E-state index is 10.8. The quantitative estimate of drug-likeness (QED) is 0.775. The van der Waals surface area contributed by atoms with Crippen LogP contribution in [0.5, 0.6) is 0 Å². The molecule has 1 N–H and O–H groups in total. The van der Waals surface area contributed by atoms with E-state index in [4.69, 9.17) is 11.6 Å². The zero-order chi connectivity index (χ0) is 10.6. The van der Waals surface area contributed by atoms with Gasteiger partial charge in [-0.05, 0) is 38.1 Å². The van der Waals surface area contributed by atoms with E-state index in [1.54, 1.807) is 18.2 Å². The fourth-order valence-corrected chi connectivity index (χ4v) is 1.33. The topological polar surface area (TPSA) is 29.1 Å². The number of nitrogens with one attached hydrogen (secondary N) is 1. The normalized spacial score (nSPS) is 11.2. The molecule has 0 fully saturated rings. The highest BCUT2D eigenvalue weighted by atomic mass is 35.5. The molecule has 14 heavy (non-hydrogen) atoms. The summed E-state index contributed by atoms with van der Waals surface area (Å²) in [4.78, 5) is 10.8. The van der Waals surface area contributed by atoms with Crippen molar-refractivity contribution in [3.05, 3.63) is 41.1 Å². The minimum Gasteiger partial charge on any atom is -0.359 e. The summed E-state index contributed by atoms with van der Waals surface area (Å²) in [6, 6.07) is 7.35. The minimum atomic E-state index is 0.0250. The molecule has 0 bridgehead atoms. The molecule has 1 aromatic rings. The van der Waals surface area contributed by atoms with Gasteiger partial charge in [-0.25, -0.2) is 0 Å². The highest BCUT2D eigenvalue weighted by Gasteiger charge is 1.95. The number of halogens is 1. The maximum absolute atomic E-state index is 10.8. The summed E-state index contributed by atoms with van der Waals surface area (Å²) in [6.45, 7) is 3.35. The molecule has 0 saturated carbocycles. The first-order valence-corrected chi connectivity index (χ1v) is 4.67. The second-order valence-electron chi connectivity index (χ2n) is 3.07. The highest BCUT2D eigenvalue weighted by Crippen LogP contribution is 2.16. The molecule has 0 radical (unpaired) electrons. The number of hydrogen-bond acceptors (Lipinski definition) is 2. The van der Waals surface area contributed by atoms with Gasteiger partial charge in [0.05, 0.1) is 0 Å². The lowest BCUT2D eigenvalue weighted by molar-refractivity contribution is -0.112. The lowest BCUT2D eigenvalue weighted by Crippen LogP contribution is -1.97. The molecule has 3 heteroatoms. The SMILES string of the molecule is CC(=O)C=C(C)Nc1cccc(Cl)c1. The maximum Gasteiger partial charge on any atom is 0.154 e. The van der Waals surface area contributed by atoms with E-state index in [0.29, 0.717) is 5.02 Å². The fraction of sp³-hybridized carbons (Fsp3) is 0.182. The van der Waals surface area contributed by atoms with E-state index in [-0.39, 0.29) is 5.78 Å². The Labute approximate surface area is 88.6 Å². The van der Waals surface area contributed by atoms with Crippen LogP contribution in [-0.4, -0.2) is 5.78 Å². The Morgan fingerprint density at radius 3 is 2.71 bits per heavy atom. The van der Waals surface area contributed by atoms with Gasteiger partial charge in [-0.3, -0.25) is 4.79 Å². The van der Waals surface area contributed by atoms with Crippen LogP contribution in [0.2, 0.25) is 5.02 Å². The van der Waals surface area contributed by atoms with Crippen LogP contribution in [0, 0.1) is 0 Å². The monoisotopic (exact) mass is 209 g/mol. The zero-order valence-corrected chi connectivity index (χ0v) is 8.93. The molecule has 0 spiro atoms. The van der Waals surface area contributed by atoms with Gasteiger partial charge >= 0.3 is 0 Å². The molecule has 0 heterocycles. The van der Waals surface area contributed by atoms with Gasteiger partial charge in [0.25, 0.3) is 0 Å². The Bertz CT molecular complexity index is 371. The average molecular weight is 210 g/mol. The van der Waals surface area contributed by atoms with Crippen LogP contribution in [0.25, 0.3) is 0 Å². The standard InChI is InChI=1S/C11H12ClNO/c1-8(6-9(2)14)13-11-5-3-4-10(12)7-11/h3-7,13H,1-2H3. The van der Waals surface area contributed by atoms with Gasteiger partial charge in [-0.2, -0.15) is 0 Å². The van der Waals surface area contributed by atoms with Crippen LogP contribution >= 0.6 is 11.6 Å². The Morgan fingerprint density at radius 1 is 1.43 bits per heavy atom. The van der Waals surface area contributed by atoms with Gasteiger partial charge < -0.3 is 5.32 Å². The third-order valence-corrected chi connectivity index (χ3v) is 1.82. The van der Waals surface area contributed by atoms with Crippen LogP contribution in [0.4, 0.5) is 5.69 Å². The summed E-state index contributed by atoms with van der Waals surface area (Å²) in [6.07, 6.45) is 1.54. The summed E-state index contributed by atoms with van der Waals surface area (Å²) in [5.74, 6) is 0.0250. The second kappa shape index (κ2) is 4.82. The number of allylic oxidation sites excluding steroid dienone is 2. The average Bonchev–Trinajstić information content (AvgIpc) is 2.01. The summed E-state index contributed by atoms with van der Waals surface area (Å²) < 4.78 is 0. The largest absolute Gasteiger partial charge is 0.359 e. The van der Waals surface area contributed by atoms with Crippen LogP contribution in [0.3, 0.4) is 0 Å². The molecule has 74 valence electrons. The third-order valence-electron chi connectivity index (χ3n) is 1.59. The number of anilines is 1. The predicted octanol–water partition coefficient (Wildman–Crippen LogP) is 3.24. The Balaban J connectivity index is 2.74. The van der Waals surface area contributed by atoms with E-state index in [0.717, 1.165) is 11.4 Å². The predicted molar refractivity (Wildman–Crippen MR) is 59.5 cm³/mol. The van der Waals surface area contributed by atoms with Gasteiger partial charge in [0, 0.05) is 16.4 Å². The fourth-order valence-electron chi connectivity index (χ4n) is 1.13. The van der Waals surface area contributed by atoms with Crippen molar-refractivity contribution in [2.75, 3.05) is 5.32 Å². The third kappa shape index (κ3) is 3.62. The van der Waals surface area contributed by atoms with Crippen molar-refractivity contribution in [1.82, 2.24) is 0 Å². The van der Waals surface area contributed by atoms with Crippen molar-refractivity contribution >= 4 is 23.1 Å². The van der Waals surface area contributed by atoms with Gasteiger partial charge in [-0.15, -0.1) is 0 Å². The molecule has 0 aromatic heterocycles. The van der Waals surface area contributed by atoms with Crippen LogP contribution in [0.15, 0.2) is 36.0 Å². The molecule has 0 aliphatic carbocycles. The van der Waals surface area contributed by atoms with Crippen LogP contribution < -0.4 is 5.32 Å². The second-order valence-corrected chi connectivity index (χ2v) is 3.51. The molecular weight excluding hydrogens is 198 g/mol. The van der Waals surface area contributed by atoms with Crippen molar-refractivity contribution in [3.8, 4) is 0 Å². The van der Waals surface area contributed by atoms with Crippen molar-refractivity contribution in [3.63, 3.8) is 0 Å². The number of rotatable bonds is 3.